The smallest absolute Gasteiger partial charge is 0.328 e. The minimum Gasteiger partial charge on any atom is -0.467 e. The highest BCUT2D eigenvalue weighted by Crippen LogP contribution is 2.23. The predicted octanol–water partition coefficient (Wildman–Crippen LogP) is 4.11. The second-order valence-electron chi connectivity index (χ2n) is 15.0. The molecule has 0 spiro atoms. The molecule has 0 aliphatic rings. The van der Waals surface area contributed by atoms with Gasteiger partial charge < -0.3 is 29.2 Å². The molecule has 0 radical (unpaired) electrons. The van der Waals surface area contributed by atoms with Crippen molar-refractivity contribution in [3.8, 4) is 12.3 Å². The van der Waals surface area contributed by atoms with Gasteiger partial charge in [0.1, 0.15) is 30.2 Å². The zero-order chi connectivity index (χ0) is 40.7. The molecule has 53 heavy (non-hydrogen) atoms. The van der Waals surface area contributed by atoms with Crippen molar-refractivity contribution in [1.29, 1.82) is 0 Å². The Morgan fingerprint density at radius 1 is 0.623 bits per heavy atom. The van der Waals surface area contributed by atoms with Gasteiger partial charge in [-0.15, -0.1) is 12.3 Å². The van der Waals surface area contributed by atoms with Gasteiger partial charge in [0.25, 0.3) is 0 Å². The van der Waals surface area contributed by atoms with E-state index in [1.54, 1.807) is 21.0 Å². The molecule has 0 unspecified atom stereocenters. The summed E-state index contributed by atoms with van der Waals surface area (Å²) in [5, 5.41) is 0. The molecule has 0 aromatic heterocycles. The number of terminal acetylenes is 1. The highest BCUT2D eigenvalue weighted by molar-refractivity contribution is 5.96. The molecule has 5 amide bonds. The number of benzene rings is 1. The number of ether oxygens (including phenoxy) is 1. The lowest BCUT2D eigenvalue weighted by molar-refractivity contribution is -0.158. The van der Waals surface area contributed by atoms with Crippen LogP contribution in [0, 0.1) is 30.1 Å². The number of likely N-dealkylation sites (N-methyl/N-ethyl adjacent to an activating group) is 5. The molecular weight excluding hydrogens is 674 g/mol. The van der Waals surface area contributed by atoms with Crippen molar-refractivity contribution in [1.82, 2.24) is 24.5 Å². The number of rotatable bonds is 20. The number of amides is 5. The average Bonchev–Trinajstić information content (AvgIpc) is 3.11. The Bertz CT molecular complexity index is 1420. The van der Waals surface area contributed by atoms with Crippen molar-refractivity contribution >= 4 is 35.5 Å². The molecule has 0 bridgehead atoms. The van der Waals surface area contributed by atoms with Crippen molar-refractivity contribution in [2.24, 2.45) is 17.8 Å². The minimum absolute atomic E-state index is 0.156. The van der Waals surface area contributed by atoms with E-state index in [1.807, 2.05) is 71.9 Å². The van der Waals surface area contributed by atoms with E-state index in [0.29, 0.717) is 12.8 Å². The number of hydrogen-bond donors (Lipinski definition) is 0. The maximum atomic E-state index is 14.4. The molecule has 0 aliphatic carbocycles. The fourth-order valence-corrected chi connectivity index (χ4v) is 6.76. The first-order valence-electron chi connectivity index (χ1n) is 18.6. The van der Waals surface area contributed by atoms with Crippen LogP contribution in [0.1, 0.15) is 86.1 Å². The number of hydrogen-bond acceptors (Lipinski definition) is 7. The molecule has 12 heteroatoms. The fraction of sp³-hybridized carbons (Fsp3) is 0.659. The summed E-state index contributed by atoms with van der Waals surface area (Å²) < 4.78 is 5.02. The highest BCUT2D eigenvalue weighted by Gasteiger charge is 2.43. The van der Waals surface area contributed by atoms with Gasteiger partial charge in [-0.25, -0.2) is 4.79 Å². The van der Waals surface area contributed by atoms with Gasteiger partial charge in [0.15, 0.2) is 0 Å². The van der Waals surface area contributed by atoms with E-state index < -0.39 is 53.9 Å². The number of unbranched alkanes of at least 4 members (excludes halogenated alkanes) is 3. The van der Waals surface area contributed by atoms with Crippen LogP contribution in [-0.2, 0) is 39.9 Å². The molecule has 12 nitrogen and oxygen atoms in total. The van der Waals surface area contributed by atoms with Crippen molar-refractivity contribution in [2.45, 2.75) is 117 Å². The van der Waals surface area contributed by atoms with Gasteiger partial charge in [0.2, 0.25) is 29.5 Å². The molecule has 0 aliphatic heterocycles. The van der Waals surface area contributed by atoms with E-state index in [2.05, 4.69) is 5.92 Å². The van der Waals surface area contributed by atoms with Gasteiger partial charge in [-0.1, -0.05) is 78.3 Å². The molecular formula is C41H65N5O7. The first kappa shape index (κ1) is 46.6. The van der Waals surface area contributed by atoms with Crippen LogP contribution in [0.2, 0.25) is 0 Å². The lowest BCUT2D eigenvalue weighted by Gasteiger charge is -2.41. The molecule has 1 rings (SSSR count). The Kier molecular flexibility index (Phi) is 19.3. The molecule has 1 aromatic carbocycles. The largest absolute Gasteiger partial charge is 0.467 e. The third-order valence-corrected chi connectivity index (χ3v) is 10.1. The van der Waals surface area contributed by atoms with Crippen LogP contribution >= 0.6 is 0 Å². The average molecular weight is 740 g/mol. The van der Waals surface area contributed by atoms with Crippen molar-refractivity contribution in [2.75, 3.05) is 42.3 Å². The zero-order valence-electron chi connectivity index (χ0n) is 34.4. The number of esters is 1. The van der Waals surface area contributed by atoms with Gasteiger partial charge in [-0.2, -0.15) is 0 Å². The lowest BCUT2D eigenvalue weighted by atomic mass is 9.94. The van der Waals surface area contributed by atoms with E-state index in [0.717, 1.165) is 18.4 Å². The molecule has 0 fully saturated rings. The Balaban J connectivity index is 3.28. The summed E-state index contributed by atoms with van der Waals surface area (Å²) in [6.07, 6.45) is 8.81. The van der Waals surface area contributed by atoms with Crippen LogP contribution in [0.5, 0.6) is 0 Å². The van der Waals surface area contributed by atoms with Gasteiger partial charge in [0, 0.05) is 54.5 Å². The van der Waals surface area contributed by atoms with Crippen LogP contribution in [-0.4, -0.2) is 133 Å². The number of carbonyl (C=O) groups is 6. The second kappa shape index (κ2) is 22.0. The van der Waals surface area contributed by atoms with Crippen LogP contribution in [0.4, 0.5) is 0 Å². The fourth-order valence-electron chi connectivity index (χ4n) is 6.76. The van der Waals surface area contributed by atoms with Gasteiger partial charge in [-0.05, 0) is 43.1 Å². The monoisotopic (exact) mass is 739 g/mol. The molecule has 5 atom stereocenters. The van der Waals surface area contributed by atoms with Crippen molar-refractivity contribution in [3.63, 3.8) is 0 Å². The lowest BCUT2D eigenvalue weighted by Crippen LogP contribution is -2.61. The number of methoxy groups -OCH3 is 1. The van der Waals surface area contributed by atoms with E-state index in [4.69, 9.17) is 11.2 Å². The molecule has 296 valence electrons. The molecule has 1 aromatic rings. The summed E-state index contributed by atoms with van der Waals surface area (Å²) in [5.74, 6) is -0.810. The van der Waals surface area contributed by atoms with Crippen LogP contribution < -0.4 is 0 Å². The standard InChI is InChI=1S/C41H65N5O7/c1-15-16-17-18-22-25-33(47)44(11)34(27(2)3)39(50)46(13)36(29(6)7)40(51)45(12)35(28(4)5)38(49)42(9)30(8)37(48)43(10)32(41(52)53-14)26-31-23-20-19-21-24-31/h1,19-21,23-24,27-30,32,34-36H,16-18,22,25-26H2,2-14H3/t30-,32-,34-,35-,36-/m0/s1. The maximum Gasteiger partial charge on any atom is 0.328 e. The van der Waals surface area contributed by atoms with E-state index in [-0.39, 0.29) is 42.4 Å². The number of nitrogens with zero attached hydrogens (tertiary/aromatic N) is 5. The Hall–Kier alpha value is -4.40. The van der Waals surface area contributed by atoms with Gasteiger partial charge >= 0.3 is 5.97 Å². The number of carbonyl (C=O) groups excluding carboxylic acids is 6. The second-order valence-corrected chi connectivity index (χ2v) is 15.0. The Morgan fingerprint density at radius 3 is 1.51 bits per heavy atom. The molecule has 0 saturated heterocycles. The maximum absolute atomic E-state index is 14.4. The first-order valence-corrected chi connectivity index (χ1v) is 18.6. The van der Waals surface area contributed by atoms with Crippen molar-refractivity contribution < 1.29 is 33.5 Å². The van der Waals surface area contributed by atoms with Gasteiger partial charge in [-0.3, -0.25) is 24.0 Å². The Labute approximate surface area is 318 Å². The third kappa shape index (κ3) is 12.6. The minimum atomic E-state index is -0.984. The SMILES string of the molecule is C#CCCCCCC(=O)N(C)[C@H](C(=O)N(C)[C@H](C(=O)N(C)[C@H](C(=O)N(C)[C@@H](C)C(=O)N(C)[C@@H](Cc1ccccc1)C(=O)OC)C(C)C)C(C)C)C(C)C. The summed E-state index contributed by atoms with van der Waals surface area (Å²) in [5.41, 5.74) is 0.841. The summed E-state index contributed by atoms with van der Waals surface area (Å²) in [7, 11) is 8.99. The highest BCUT2D eigenvalue weighted by atomic mass is 16.5. The molecule has 0 N–H and O–H groups in total. The van der Waals surface area contributed by atoms with Crippen LogP contribution in [0.25, 0.3) is 0 Å². The first-order chi connectivity index (χ1) is 24.8. The third-order valence-electron chi connectivity index (χ3n) is 10.1. The normalized spacial score (nSPS) is 14.0. The van der Waals surface area contributed by atoms with Crippen LogP contribution in [0.15, 0.2) is 30.3 Å². The van der Waals surface area contributed by atoms with Gasteiger partial charge in [0.05, 0.1) is 7.11 Å². The van der Waals surface area contributed by atoms with E-state index in [9.17, 15) is 28.8 Å². The van der Waals surface area contributed by atoms with E-state index >= 15 is 0 Å². The Morgan fingerprint density at radius 2 is 1.08 bits per heavy atom. The summed E-state index contributed by atoms with van der Waals surface area (Å²) in [4.78, 5) is 89.2. The van der Waals surface area contributed by atoms with Crippen molar-refractivity contribution in [3.05, 3.63) is 35.9 Å². The van der Waals surface area contributed by atoms with E-state index in [1.165, 1.54) is 52.8 Å². The summed E-state index contributed by atoms with van der Waals surface area (Å²) >= 11 is 0. The van der Waals surface area contributed by atoms with Crippen LogP contribution in [0.3, 0.4) is 0 Å². The summed E-state index contributed by atoms with van der Waals surface area (Å²) in [6, 6.07) is 4.64. The quantitative estimate of drug-likeness (QED) is 0.112. The topological polar surface area (TPSA) is 128 Å². The summed E-state index contributed by atoms with van der Waals surface area (Å²) in [6.45, 7) is 12.6. The predicted molar refractivity (Wildman–Crippen MR) is 207 cm³/mol. The zero-order valence-corrected chi connectivity index (χ0v) is 34.4. The molecule has 0 saturated carbocycles. The molecule has 0 heterocycles.